The van der Waals surface area contributed by atoms with E-state index in [9.17, 15) is 0 Å². The molecule has 0 aromatic rings. The van der Waals surface area contributed by atoms with Crippen LogP contribution in [0.5, 0.6) is 0 Å². The van der Waals surface area contributed by atoms with Crippen molar-refractivity contribution in [2.45, 2.75) is 39.2 Å². The maximum atomic E-state index is 5.81. The minimum absolute atomic E-state index is 0.174. The Hall–Kier alpha value is -0.800. The van der Waals surface area contributed by atoms with Crippen LogP contribution in [0.3, 0.4) is 0 Å². The number of ether oxygens (including phenoxy) is 1. The second kappa shape index (κ2) is 8.33. The number of hydrogen-bond acceptors (Lipinski definition) is 3. The lowest BCUT2D eigenvalue weighted by molar-refractivity contribution is 0.114. The molecule has 0 amide bonds. The molecule has 0 radical (unpaired) electrons. The fraction of sp³-hybridized carbons (Fsp3) is 0.733. The number of nitrogens with two attached hydrogens (primary N) is 1. The molecule has 3 heteroatoms. The summed E-state index contributed by atoms with van der Waals surface area (Å²) in [6.07, 6.45) is 9.60. The van der Waals surface area contributed by atoms with Crippen LogP contribution in [0.15, 0.2) is 24.0 Å². The zero-order valence-corrected chi connectivity index (χ0v) is 12.1. The smallest absolute Gasteiger partial charge is 0.115 e. The van der Waals surface area contributed by atoms with E-state index < -0.39 is 0 Å². The van der Waals surface area contributed by atoms with E-state index in [4.69, 9.17) is 10.5 Å². The Balaban J connectivity index is 0.000000771. The molecule has 0 aromatic heterocycles. The molecule has 3 nitrogen and oxygen atoms in total. The molecule has 1 saturated heterocycles. The summed E-state index contributed by atoms with van der Waals surface area (Å²) >= 11 is 0. The first kappa shape index (κ1) is 15.3. The Morgan fingerprint density at radius 1 is 1.44 bits per heavy atom. The van der Waals surface area contributed by atoms with Gasteiger partial charge in [0.25, 0.3) is 0 Å². The second-order valence-corrected chi connectivity index (χ2v) is 4.95. The van der Waals surface area contributed by atoms with Crippen LogP contribution in [0.25, 0.3) is 0 Å². The number of allylic oxidation sites excluding steroid dienone is 1. The second-order valence-electron chi connectivity index (χ2n) is 4.95. The summed E-state index contributed by atoms with van der Waals surface area (Å²) in [5, 5.41) is 0. The van der Waals surface area contributed by atoms with Gasteiger partial charge in [-0.15, -0.1) is 0 Å². The van der Waals surface area contributed by atoms with E-state index in [1.165, 1.54) is 19.4 Å². The summed E-state index contributed by atoms with van der Waals surface area (Å²) in [6.45, 7) is 7.24. The summed E-state index contributed by atoms with van der Waals surface area (Å²) in [6, 6.07) is 0.174. The highest BCUT2D eigenvalue weighted by molar-refractivity contribution is 5.19. The molecule has 0 bridgehead atoms. The van der Waals surface area contributed by atoms with Crippen molar-refractivity contribution in [1.82, 2.24) is 4.90 Å². The van der Waals surface area contributed by atoms with Crippen molar-refractivity contribution < 1.29 is 4.74 Å². The van der Waals surface area contributed by atoms with Gasteiger partial charge in [0.2, 0.25) is 0 Å². The third-order valence-electron chi connectivity index (χ3n) is 3.31. The van der Waals surface area contributed by atoms with Crippen molar-refractivity contribution in [1.29, 1.82) is 0 Å². The van der Waals surface area contributed by atoms with Gasteiger partial charge in [0.15, 0.2) is 0 Å². The molecule has 2 N–H and O–H groups in total. The number of rotatable bonds is 3. The van der Waals surface area contributed by atoms with Gasteiger partial charge >= 0.3 is 0 Å². The van der Waals surface area contributed by atoms with Crippen LogP contribution in [0.2, 0.25) is 0 Å². The number of hydrogen-bond donors (Lipinski definition) is 1. The largest absolute Gasteiger partial charge is 0.494 e. The van der Waals surface area contributed by atoms with Gasteiger partial charge in [-0.2, -0.15) is 0 Å². The Kier molecular flexibility index (Phi) is 7.06. The highest BCUT2D eigenvalue weighted by atomic mass is 16.5. The maximum absolute atomic E-state index is 5.81. The Morgan fingerprint density at radius 2 is 2.22 bits per heavy atom. The van der Waals surface area contributed by atoms with Crippen molar-refractivity contribution in [3.05, 3.63) is 24.0 Å². The van der Waals surface area contributed by atoms with Gasteiger partial charge in [-0.05, 0) is 45.0 Å². The molecule has 2 aliphatic rings. The van der Waals surface area contributed by atoms with Gasteiger partial charge in [-0.1, -0.05) is 19.9 Å². The van der Waals surface area contributed by atoms with Crippen LogP contribution >= 0.6 is 0 Å². The molecule has 104 valence electrons. The molecule has 0 spiro atoms. The van der Waals surface area contributed by atoms with Gasteiger partial charge in [-0.25, -0.2) is 0 Å². The summed E-state index contributed by atoms with van der Waals surface area (Å²) < 4.78 is 5.81. The highest BCUT2D eigenvalue weighted by Crippen LogP contribution is 2.18. The van der Waals surface area contributed by atoms with Gasteiger partial charge in [0.1, 0.15) is 5.76 Å². The van der Waals surface area contributed by atoms with Crippen LogP contribution in [0, 0.1) is 5.92 Å². The number of nitrogens with zero attached hydrogens (tertiary/aromatic N) is 1. The van der Waals surface area contributed by atoms with Gasteiger partial charge in [0.05, 0.1) is 6.61 Å². The maximum Gasteiger partial charge on any atom is 0.115 e. The van der Waals surface area contributed by atoms with E-state index in [1.807, 2.05) is 26.0 Å². The van der Waals surface area contributed by atoms with Crippen molar-refractivity contribution in [2.75, 3.05) is 26.7 Å². The topological polar surface area (TPSA) is 38.5 Å². The van der Waals surface area contributed by atoms with Crippen LogP contribution in [-0.4, -0.2) is 37.7 Å². The molecular weight excluding hydrogens is 224 g/mol. The van der Waals surface area contributed by atoms with Crippen LogP contribution in [0.1, 0.15) is 33.1 Å². The predicted molar refractivity (Wildman–Crippen MR) is 77.3 cm³/mol. The monoisotopic (exact) mass is 252 g/mol. The van der Waals surface area contributed by atoms with Crippen molar-refractivity contribution in [3.8, 4) is 0 Å². The molecule has 1 heterocycles. The quantitative estimate of drug-likeness (QED) is 0.839. The molecule has 0 saturated carbocycles. The van der Waals surface area contributed by atoms with Gasteiger partial charge in [-0.3, -0.25) is 0 Å². The number of likely N-dealkylation sites (tertiary alicyclic amines) is 1. The summed E-state index contributed by atoms with van der Waals surface area (Å²) in [4.78, 5) is 2.39. The molecule has 2 rings (SSSR count). The third-order valence-corrected chi connectivity index (χ3v) is 3.31. The van der Waals surface area contributed by atoms with E-state index in [0.29, 0.717) is 5.92 Å². The molecule has 1 aliphatic heterocycles. The normalized spacial score (nSPS) is 28.1. The zero-order valence-electron chi connectivity index (χ0n) is 12.1. The average Bonchev–Trinajstić information content (AvgIpc) is 2.41. The first-order valence-electron chi connectivity index (χ1n) is 7.19. The van der Waals surface area contributed by atoms with Crippen LogP contribution in [-0.2, 0) is 4.74 Å². The first-order chi connectivity index (χ1) is 8.74. The lowest BCUT2D eigenvalue weighted by Crippen LogP contribution is -2.34. The summed E-state index contributed by atoms with van der Waals surface area (Å²) in [5.74, 6) is 1.68. The van der Waals surface area contributed by atoms with Crippen molar-refractivity contribution in [2.24, 2.45) is 11.7 Å². The van der Waals surface area contributed by atoms with E-state index in [1.54, 1.807) is 0 Å². The van der Waals surface area contributed by atoms with E-state index in [2.05, 4.69) is 18.0 Å². The zero-order chi connectivity index (χ0) is 13.4. The molecule has 1 aliphatic carbocycles. The van der Waals surface area contributed by atoms with E-state index in [0.717, 1.165) is 25.3 Å². The Bertz CT molecular complexity index is 286. The Labute approximate surface area is 112 Å². The third kappa shape index (κ3) is 5.23. The van der Waals surface area contributed by atoms with Gasteiger partial charge in [0, 0.05) is 18.5 Å². The first-order valence-corrected chi connectivity index (χ1v) is 7.19. The molecule has 1 fully saturated rings. The van der Waals surface area contributed by atoms with Crippen molar-refractivity contribution in [3.63, 3.8) is 0 Å². The SMILES string of the molecule is CC.CN1CCCC(COC2=CCC(N)C=C2)C1. The molecule has 18 heavy (non-hydrogen) atoms. The van der Waals surface area contributed by atoms with E-state index in [-0.39, 0.29) is 6.04 Å². The molecular formula is C15H28N2O. The average molecular weight is 252 g/mol. The fourth-order valence-corrected chi connectivity index (χ4v) is 2.35. The predicted octanol–water partition coefficient (Wildman–Crippen LogP) is 2.54. The highest BCUT2D eigenvalue weighted by Gasteiger charge is 2.18. The lowest BCUT2D eigenvalue weighted by atomic mass is 9.99. The van der Waals surface area contributed by atoms with Crippen molar-refractivity contribution >= 4 is 0 Å². The fourth-order valence-electron chi connectivity index (χ4n) is 2.35. The minimum Gasteiger partial charge on any atom is -0.494 e. The molecule has 2 unspecified atom stereocenters. The summed E-state index contributed by atoms with van der Waals surface area (Å²) in [7, 11) is 2.19. The van der Waals surface area contributed by atoms with Gasteiger partial charge < -0.3 is 15.4 Å². The standard InChI is InChI=1S/C13H22N2O.C2H6/c1-15-8-2-3-11(9-15)10-16-13-6-4-12(14)5-7-13;1-2/h4,6-7,11-12H,2-3,5,8-10,14H2,1H3;1-2H3. The van der Waals surface area contributed by atoms with Crippen LogP contribution < -0.4 is 5.73 Å². The van der Waals surface area contributed by atoms with Crippen LogP contribution in [0.4, 0.5) is 0 Å². The lowest BCUT2D eigenvalue weighted by Gasteiger charge is -2.29. The number of piperidine rings is 1. The molecule has 0 aromatic carbocycles. The molecule has 2 atom stereocenters. The minimum atomic E-state index is 0.174. The summed E-state index contributed by atoms with van der Waals surface area (Å²) in [5.41, 5.74) is 5.76. The van der Waals surface area contributed by atoms with E-state index >= 15 is 0 Å². The Morgan fingerprint density at radius 3 is 2.83 bits per heavy atom.